The van der Waals surface area contributed by atoms with Gasteiger partial charge in [-0.05, 0) is 18.2 Å². The standard InChI is InChI=1S/C20H24O9/c1-4-25-7-10-28-19(22)16-12-15(18(21)27-9-6-24-3)13-17(14-16)20(23)29-11-8-26-5-2/h4-5,12-14H,1-2,6-11H2,3H3. The zero-order chi connectivity index (χ0) is 21.5. The van der Waals surface area contributed by atoms with Crippen molar-refractivity contribution in [2.24, 2.45) is 0 Å². The van der Waals surface area contributed by atoms with Crippen LogP contribution in [0.25, 0.3) is 0 Å². The Morgan fingerprint density at radius 3 is 1.34 bits per heavy atom. The molecule has 1 aromatic carbocycles. The van der Waals surface area contributed by atoms with Gasteiger partial charge in [-0.25, -0.2) is 14.4 Å². The molecule has 0 saturated carbocycles. The number of carbonyl (C=O) groups excluding carboxylic acids is 3. The summed E-state index contributed by atoms with van der Waals surface area (Å²) in [6.45, 7) is 7.13. The number of methoxy groups -OCH3 is 1. The summed E-state index contributed by atoms with van der Waals surface area (Å²) in [6, 6.07) is 3.80. The number of esters is 3. The Bertz CT molecular complexity index is 666. The molecule has 0 fully saturated rings. The van der Waals surface area contributed by atoms with Gasteiger partial charge in [0, 0.05) is 7.11 Å². The van der Waals surface area contributed by atoms with Gasteiger partial charge in [-0.3, -0.25) is 0 Å². The molecule has 0 aliphatic heterocycles. The molecule has 0 heterocycles. The average molecular weight is 408 g/mol. The fourth-order valence-corrected chi connectivity index (χ4v) is 1.98. The average Bonchev–Trinajstić information content (AvgIpc) is 2.73. The highest BCUT2D eigenvalue weighted by atomic mass is 16.6. The second-order valence-corrected chi connectivity index (χ2v) is 5.27. The Morgan fingerprint density at radius 1 is 0.690 bits per heavy atom. The molecule has 9 nitrogen and oxygen atoms in total. The van der Waals surface area contributed by atoms with E-state index in [4.69, 9.17) is 28.4 Å². The van der Waals surface area contributed by atoms with Crippen LogP contribution in [-0.4, -0.2) is 64.7 Å². The van der Waals surface area contributed by atoms with Crippen LogP contribution in [0, 0.1) is 0 Å². The van der Waals surface area contributed by atoms with Gasteiger partial charge in [-0.1, -0.05) is 13.2 Å². The summed E-state index contributed by atoms with van der Waals surface area (Å²) in [5, 5.41) is 0. The largest absolute Gasteiger partial charge is 0.498 e. The summed E-state index contributed by atoms with van der Waals surface area (Å²) in [7, 11) is 1.46. The van der Waals surface area contributed by atoms with Crippen molar-refractivity contribution in [2.45, 2.75) is 0 Å². The van der Waals surface area contributed by atoms with Crippen LogP contribution in [0.4, 0.5) is 0 Å². The zero-order valence-electron chi connectivity index (χ0n) is 16.2. The second-order valence-electron chi connectivity index (χ2n) is 5.27. The van der Waals surface area contributed by atoms with Gasteiger partial charge < -0.3 is 28.4 Å². The smallest absolute Gasteiger partial charge is 0.338 e. The second kappa shape index (κ2) is 13.8. The fraction of sp³-hybridized carbons (Fsp3) is 0.350. The third-order valence-corrected chi connectivity index (χ3v) is 3.27. The first-order valence-electron chi connectivity index (χ1n) is 8.63. The molecule has 1 rings (SSSR count). The van der Waals surface area contributed by atoms with Crippen LogP contribution < -0.4 is 0 Å². The van der Waals surface area contributed by atoms with Gasteiger partial charge in [0.15, 0.2) is 0 Å². The summed E-state index contributed by atoms with van der Waals surface area (Å²) in [5.74, 6) is -2.21. The maximum atomic E-state index is 12.3. The molecule has 0 N–H and O–H groups in total. The summed E-state index contributed by atoms with van der Waals surface area (Å²) in [6.07, 6.45) is 2.43. The molecular weight excluding hydrogens is 384 g/mol. The van der Waals surface area contributed by atoms with Crippen LogP contribution in [0.5, 0.6) is 0 Å². The van der Waals surface area contributed by atoms with Crippen LogP contribution in [0.2, 0.25) is 0 Å². The van der Waals surface area contributed by atoms with E-state index >= 15 is 0 Å². The molecule has 0 saturated heterocycles. The van der Waals surface area contributed by atoms with E-state index in [0.717, 1.165) is 0 Å². The van der Waals surface area contributed by atoms with Gasteiger partial charge in [0.05, 0.1) is 35.8 Å². The number of benzene rings is 1. The molecule has 29 heavy (non-hydrogen) atoms. The van der Waals surface area contributed by atoms with Gasteiger partial charge >= 0.3 is 17.9 Å². The Hall–Kier alpha value is -3.33. The molecule has 0 amide bonds. The molecule has 0 radical (unpaired) electrons. The van der Waals surface area contributed by atoms with Crippen LogP contribution >= 0.6 is 0 Å². The maximum Gasteiger partial charge on any atom is 0.338 e. The minimum atomic E-state index is -0.742. The summed E-state index contributed by atoms with van der Waals surface area (Å²) in [4.78, 5) is 36.7. The van der Waals surface area contributed by atoms with E-state index in [9.17, 15) is 14.4 Å². The zero-order valence-corrected chi connectivity index (χ0v) is 16.2. The lowest BCUT2D eigenvalue weighted by molar-refractivity contribution is 0.0387. The molecule has 0 atom stereocenters. The van der Waals surface area contributed by atoms with Gasteiger partial charge in [-0.2, -0.15) is 0 Å². The topological polar surface area (TPSA) is 107 Å². The van der Waals surface area contributed by atoms with Crippen LogP contribution in [-0.2, 0) is 28.4 Å². The van der Waals surface area contributed by atoms with E-state index in [-0.39, 0.29) is 56.3 Å². The Morgan fingerprint density at radius 2 is 1.03 bits per heavy atom. The van der Waals surface area contributed by atoms with Crippen molar-refractivity contribution in [1.82, 2.24) is 0 Å². The van der Waals surface area contributed by atoms with E-state index in [0.29, 0.717) is 0 Å². The van der Waals surface area contributed by atoms with Gasteiger partial charge in [0.1, 0.15) is 33.0 Å². The summed E-state index contributed by atoms with van der Waals surface area (Å²) >= 11 is 0. The monoisotopic (exact) mass is 408 g/mol. The van der Waals surface area contributed by atoms with Crippen molar-refractivity contribution in [3.8, 4) is 0 Å². The minimum absolute atomic E-state index is 0.00724. The summed E-state index contributed by atoms with van der Waals surface area (Å²) in [5.41, 5.74) is -0.0367. The SMILES string of the molecule is C=COCCOC(=O)c1cc(C(=O)OCCOC)cc(C(=O)OCCOC=C)c1. The van der Waals surface area contributed by atoms with Crippen LogP contribution in [0.3, 0.4) is 0 Å². The Kier molecular flexibility index (Phi) is 11.3. The molecule has 1 aromatic rings. The Balaban J connectivity index is 2.96. The molecule has 0 aliphatic carbocycles. The van der Waals surface area contributed by atoms with Crippen LogP contribution in [0.15, 0.2) is 43.9 Å². The predicted octanol–water partition coefficient (Wildman–Crippen LogP) is 2.12. The van der Waals surface area contributed by atoms with Crippen molar-refractivity contribution >= 4 is 17.9 Å². The molecule has 0 spiro atoms. The highest BCUT2D eigenvalue weighted by Gasteiger charge is 2.19. The van der Waals surface area contributed by atoms with E-state index in [1.54, 1.807) is 0 Å². The first-order chi connectivity index (χ1) is 14.0. The number of rotatable bonds is 14. The van der Waals surface area contributed by atoms with Crippen molar-refractivity contribution in [2.75, 3.05) is 46.8 Å². The molecule has 0 aromatic heterocycles. The first kappa shape index (κ1) is 23.7. The molecule has 0 aliphatic rings. The third kappa shape index (κ3) is 8.93. The highest BCUT2D eigenvalue weighted by molar-refractivity contribution is 6.00. The fourth-order valence-electron chi connectivity index (χ4n) is 1.98. The molecule has 0 bridgehead atoms. The number of hydrogen-bond donors (Lipinski definition) is 0. The minimum Gasteiger partial charge on any atom is -0.498 e. The molecular formula is C20H24O9. The van der Waals surface area contributed by atoms with Gasteiger partial charge in [0.2, 0.25) is 0 Å². The first-order valence-corrected chi connectivity index (χ1v) is 8.63. The summed E-state index contributed by atoms with van der Waals surface area (Å²) < 4.78 is 29.7. The molecule has 9 heteroatoms. The normalized spacial score (nSPS) is 9.83. The van der Waals surface area contributed by atoms with Crippen molar-refractivity contribution in [3.05, 3.63) is 60.6 Å². The lowest BCUT2D eigenvalue weighted by atomic mass is 10.1. The van der Waals surface area contributed by atoms with Crippen molar-refractivity contribution in [1.29, 1.82) is 0 Å². The number of carbonyl (C=O) groups is 3. The van der Waals surface area contributed by atoms with Crippen LogP contribution in [0.1, 0.15) is 31.1 Å². The highest BCUT2D eigenvalue weighted by Crippen LogP contribution is 2.15. The maximum absolute atomic E-state index is 12.3. The molecule has 158 valence electrons. The quantitative estimate of drug-likeness (QED) is 0.198. The lowest BCUT2D eigenvalue weighted by Gasteiger charge is -2.10. The lowest BCUT2D eigenvalue weighted by Crippen LogP contribution is -2.16. The van der Waals surface area contributed by atoms with Crippen molar-refractivity contribution < 1.29 is 42.8 Å². The number of ether oxygens (including phenoxy) is 6. The number of hydrogen-bond acceptors (Lipinski definition) is 9. The Labute approximate surface area is 168 Å². The molecule has 0 unspecified atom stereocenters. The van der Waals surface area contributed by atoms with Gasteiger partial charge in [-0.15, -0.1) is 0 Å². The van der Waals surface area contributed by atoms with E-state index in [2.05, 4.69) is 13.2 Å². The van der Waals surface area contributed by atoms with Crippen molar-refractivity contribution in [3.63, 3.8) is 0 Å². The van der Waals surface area contributed by atoms with E-state index in [1.165, 1.54) is 37.8 Å². The third-order valence-electron chi connectivity index (χ3n) is 3.27. The van der Waals surface area contributed by atoms with E-state index in [1.807, 2.05) is 0 Å². The van der Waals surface area contributed by atoms with E-state index < -0.39 is 17.9 Å². The van der Waals surface area contributed by atoms with Gasteiger partial charge in [0.25, 0.3) is 0 Å². The predicted molar refractivity (Wildman–Crippen MR) is 101 cm³/mol.